The number of primary amides is 1. The van der Waals surface area contributed by atoms with Crippen LogP contribution >= 0.6 is 15.9 Å². The second kappa shape index (κ2) is 6.37. The summed E-state index contributed by atoms with van der Waals surface area (Å²) in [6.07, 6.45) is 0. The van der Waals surface area contributed by atoms with Crippen molar-refractivity contribution in [3.63, 3.8) is 0 Å². The van der Waals surface area contributed by atoms with E-state index < -0.39 is 11.6 Å². The van der Waals surface area contributed by atoms with Gasteiger partial charge in [0.15, 0.2) is 5.82 Å². The van der Waals surface area contributed by atoms with E-state index in [2.05, 4.69) is 26.3 Å². The van der Waals surface area contributed by atoms with E-state index in [0.29, 0.717) is 10.3 Å². The first-order valence-corrected chi connectivity index (χ1v) is 7.33. The fourth-order valence-electron chi connectivity index (χ4n) is 1.70. The van der Waals surface area contributed by atoms with Crippen molar-refractivity contribution in [1.82, 2.24) is 9.78 Å². The number of rotatable bonds is 5. The zero-order chi connectivity index (χ0) is 16.3. The second-order valence-electron chi connectivity index (χ2n) is 5.31. The summed E-state index contributed by atoms with van der Waals surface area (Å²) in [5.41, 5.74) is 4.92. The van der Waals surface area contributed by atoms with Crippen molar-refractivity contribution in [3.05, 3.63) is 34.8 Å². The fraction of sp³-hybridized carbons (Fsp3) is 0.286. The zero-order valence-electron chi connectivity index (χ0n) is 12.2. The minimum atomic E-state index is -1.01. The van der Waals surface area contributed by atoms with Gasteiger partial charge in [-0.25, -0.2) is 9.48 Å². The maximum atomic E-state index is 11.2. The van der Waals surface area contributed by atoms with Crippen molar-refractivity contribution in [3.8, 4) is 11.6 Å². The molecule has 1 heterocycles. The topological polar surface area (TPSA) is 102 Å². The predicted octanol–water partition coefficient (Wildman–Crippen LogP) is 2.28. The Hall–Kier alpha value is -2.06. The van der Waals surface area contributed by atoms with E-state index in [4.69, 9.17) is 10.5 Å². The number of carbonyl (C=O) groups is 1. The molecule has 0 saturated carbocycles. The number of para-hydroxylation sites is 1. The molecule has 7 nitrogen and oxygen atoms in total. The third-order valence-electron chi connectivity index (χ3n) is 2.60. The summed E-state index contributed by atoms with van der Waals surface area (Å²) < 4.78 is 7.44. The number of nitrogens with two attached hydrogens (primary N) is 1. The van der Waals surface area contributed by atoms with Crippen LogP contribution in [0.25, 0.3) is 5.69 Å². The summed E-state index contributed by atoms with van der Waals surface area (Å²) in [7, 11) is 0. The Morgan fingerprint density at radius 3 is 2.64 bits per heavy atom. The van der Waals surface area contributed by atoms with Gasteiger partial charge in [0.1, 0.15) is 11.1 Å². The van der Waals surface area contributed by atoms with Crippen LogP contribution in [0.3, 0.4) is 0 Å². The Kier molecular flexibility index (Phi) is 4.72. The number of ether oxygens (including phenoxy) is 1. The highest BCUT2D eigenvalue weighted by molar-refractivity contribution is 9.10. The molecule has 0 aliphatic rings. The molecule has 2 rings (SSSR count). The molecule has 0 radical (unpaired) electrons. The lowest BCUT2D eigenvalue weighted by Gasteiger charge is -2.16. The average Bonchev–Trinajstić information content (AvgIpc) is 2.74. The Bertz CT molecular complexity index is 665. The highest BCUT2D eigenvalue weighted by Crippen LogP contribution is 2.34. The first kappa shape index (κ1) is 16.3. The van der Waals surface area contributed by atoms with Gasteiger partial charge in [0.25, 0.3) is 0 Å². The van der Waals surface area contributed by atoms with Crippen LogP contribution in [-0.2, 0) is 0 Å². The molecule has 0 atom stereocenters. The van der Waals surface area contributed by atoms with E-state index >= 15 is 0 Å². The van der Waals surface area contributed by atoms with Gasteiger partial charge in [-0.2, -0.15) is 0 Å². The minimum absolute atomic E-state index is 0.0490. The summed E-state index contributed by atoms with van der Waals surface area (Å²) in [4.78, 5) is 11.2. The molecule has 22 heavy (non-hydrogen) atoms. The van der Waals surface area contributed by atoms with Crippen LogP contribution in [0.15, 0.2) is 34.8 Å². The molecule has 0 aliphatic carbocycles. The van der Waals surface area contributed by atoms with Gasteiger partial charge in [-0.3, -0.25) is 5.32 Å². The average molecular weight is 369 g/mol. The highest BCUT2D eigenvalue weighted by atomic mass is 79.9. The smallest absolute Gasteiger partial charge is 0.317 e. The van der Waals surface area contributed by atoms with E-state index in [0.717, 1.165) is 5.69 Å². The van der Waals surface area contributed by atoms with E-state index in [1.807, 2.05) is 30.3 Å². The van der Waals surface area contributed by atoms with E-state index in [9.17, 15) is 9.90 Å². The van der Waals surface area contributed by atoms with Gasteiger partial charge >= 0.3 is 6.03 Å². The Labute approximate surface area is 136 Å². The third-order valence-corrected chi connectivity index (χ3v) is 3.32. The zero-order valence-corrected chi connectivity index (χ0v) is 13.8. The van der Waals surface area contributed by atoms with Crippen LogP contribution in [0.5, 0.6) is 5.88 Å². The number of anilines is 1. The lowest BCUT2D eigenvalue weighted by molar-refractivity contribution is 0.0264. The summed E-state index contributed by atoms with van der Waals surface area (Å²) in [6, 6.07) is 8.49. The van der Waals surface area contributed by atoms with Crippen LogP contribution in [0.1, 0.15) is 13.8 Å². The lowest BCUT2D eigenvalue weighted by Crippen LogP contribution is -2.28. The number of halogens is 1. The second-order valence-corrected chi connectivity index (χ2v) is 6.10. The molecule has 8 heteroatoms. The first-order chi connectivity index (χ1) is 10.3. The first-order valence-electron chi connectivity index (χ1n) is 6.53. The number of nitrogens with one attached hydrogen (secondary N) is 1. The standard InChI is InChI=1S/C14H17BrN4O3/c1-14(2,21)8-22-12-10(15)11(17-13(16)20)19(18-12)9-6-4-3-5-7-9/h3-7,21H,8H2,1-2H3,(H3,16,17,20). The third kappa shape index (κ3) is 3.99. The molecule has 2 aromatic rings. The molecule has 0 bridgehead atoms. The number of hydrogen-bond acceptors (Lipinski definition) is 4. The Balaban J connectivity index is 2.41. The SMILES string of the molecule is CC(C)(O)COc1nn(-c2ccccc2)c(NC(N)=O)c1Br. The van der Waals surface area contributed by atoms with E-state index in [-0.39, 0.29) is 12.5 Å². The van der Waals surface area contributed by atoms with Crippen LogP contribution in [0.4, 0.5) is 10.6 Å². The minimum Gasteiger partial charge on any atom is -0.473 e. The number of nitrogens with zero attached hydrogens (tertiary/aromatic N) is 2. The van der Waals surface area contributed by atoms with Crippen molar-refractivity contribution >= 4 is 27.8 Å². The van der Waals surface area contributed by atoms with E-state index in [1.165, 1.54) is 4.68 Å². The molecule has 0 spiro atoms. The van der Waals surface area contributed by atoms with E-state index in [1.54, 1.807) is 13.8 Å². The molecule has 0 aliphatic heterocycles. The summed E-state index contributed by atoms with van der Waals surface area (Å²) in [5.74, 6) is 0.596. The quantitative estimate of drug-likeness (QED) is 0.752. The van der Waals surface area contributed by atoms with Gasteiger partial charge in [0, 0.05) is 0 Å². The Morgan fingerprint density at radius 1 is 1.45 bits per heavy atom. The van der Waals surface area contributed by atoms with Crippen LogP contribution in [0, 0.1) is 0 Å². The van der Waals surface area contributed by atoms with Gasteiger partial charge < -0.3 is 15.6 Å². The summed E-state index contributed by atoms with van der Waals surface area (Å²) in [6.45, 7) is 3.29. The molecular weight excluding hydrogens is 352 g/mol. The van der Waals surface area contributed by atoms with Crippen LogP contribution in [0.2, 0.25) is 0 Å². The van der Waals surface area contributed by atoms with Gasteiger partial charge in [-0.1, -0.05) is 18.2 Å². The number of benzene rings is 1. The van der Waals surface area contributed by atoms with Gasteiger partial charge in [0.05, 0.1) is 11.3 Å². The van der Waals surface area contributed by atoms with Crippen molar-refractivity contribution < 1.29 is 14.6 Å². The number of aliphatic hydroxyl groups is 1. The number of aromatic nitrogens is 2. The van der Waals surface area contributed by atoms with Gasteiger partial charge in [-0.05, 0) is 41.9 Å². The van der Waals surface area contributed by atoms with Gasteiger partial charge in [0.2, 0.25) is 5.88 Å². The predicted molar refractivity (Wildman–Crippen MR) is 86.3 cm³/mol. The molecular formula is C14H17BrN4O3. The normalized spacial score (nSPS) is 11.3. The molecule has 0 unspecified atom stereocenters. The summed E-state index contributed by atoms with van der Waals surface area (Å²) >= 11 is 3.34. The lowest BCUT2D eigenvalue weighted by atomic mass is 10.2. The Morgan fingerprint density at radius 2 is 2.09 bits per heavy atom. The maximum Gasteiger partial charge on any atom is 0.317 e. The molecule has 0 saturated heterocycles. The maximum absolute atomic E-state index is 11.2. The van der Waals surface area contributed by atoms with Gasteiger partial charge in [-0.15, -0.1) is 5.10 Å². The van der Waals surface area contributed by atoms with Crippen molar-refractivity contribution in [2.24, 2.45) is 5.73 Å². The van der Waals surface area contributed by atoms with Crippen molar-refractivity contribution in [2.75, 3.05) is 11.9 Å². The number of carbonyl (C=O) groups excluding carboxylic acids is 1. The highest BCUT2D eigenvalue weighted by Gasteiger charge is 2.22. The fourth-order valence-corrected chi connectivity index (χ4v) is 2.16. The van der Waals surface area contributed by atoms with Crippen molar-refractivity contribution in [1.29, 1.82) is 0 Å². The van der Waals surface area contributed by atoms with Crippen LogP contribution < -0.4 is 15.8 Å². The number of urea groups is 1. The molecule has 118 valence electrons. The molecule has 1 aromatic carbocycles. The summed E-state index contributed by atoms with van der Waals surface area (Å²) in [5, 5.41) is 16.6. The molecule has 4 N–H and O–H groups in total. The number of amides is 2. The molecule has 1 aromatic heterocycles. The molecule has 0 fully saturated rings. The monoisotopic (exact) mass is 368 g/mol. The molecule has 2 amide bonds. The van der Waals surface area contributed by atoms with Crippen molar-refractivity contribution in [2.45, 2.75) is 19.4 Å². The largest absolute Gasteiger partial charge is 0.473 e. The number of hydrogen-bond donors (Lipinski definition) is 3. The van der Waals surface area contributed by atoms with Crippen LogP contribution in [-0.4, -0.2) is 33.1 Å².